The first-order valence-electron chi connectivity index (χ1n) is 9.98. The highest BCUT2D eigenvalue weighted by molar-refractivity contribution is 5.97. The molecule has 2 heterocycles. The van der Waals surface area contributed by atoms with E-state index in [1.54, 1.807) is 0 Å². The van der Waals surface area contributed by atoms with Gasteiger partial charge in [0.1, 0.15) is 11.5 Å². The van der Waals surface area contributed by atoms with Crippen LogP contribution in [0.1, 0.15) is 32.6 Å². The average Bonchev–Trinajstić information content (AvgIpc) is 3.00. The largest absolute Gasteiger partial charge is 0.456 e. The average molecular weight is 400 g/mol. The van der Waals surface area contributed by atoms with E-state index in [4.69, 9.17) is 9.47 Å². The van der Waals surface area contributed by atoms with Gasteiger partial charge in [-0.25, -0.2) is 4.79 Å². The van der Waals surface area contributed by atoms with Gasteiger partial charge in [-0.15, -0.1) is 0 Å². The van der Waals surface area contributed by atoms with E-state index in [0.29, 0.717) is 17.1 Å². The Kier molecular flexibility index (Phi) is 3.87. The van der Waals surface area contributed by atoms with E-state index in [2.05, 4.69) is 17.9 Å². The van der Waals surface area contributed by atoms with Crippen LogP contribution in [0, 0.1) is 6.92 Å². The Balaban J connectivity index is 1.87. The van der Waals surface area contributed by atoms with Crippen molar-refractivity contribution >= 4 is 17.3 Å². The zero-order valence-corrected chi connectivity index (χ0v) is 17.8. The Bertz CT molecular complexity index is 1200. The molecule has 1 unspecified atom stereocenters. The first-order valence-corrected chi connectivity index (χ1v) is 9.98. The second kappa shape index (κ2) is 6.26. The van der Waals surface area contributed by atoms with Crippen molar-refractivity contribution in [2.75, 3.05) is 38.0 Å². The molecule has 5 nitrogen and oxygen atoms in total. The third-order valence-electron chi connectivity index (χ3n) is 6.01. The first kappa shape index (κ1) is 18.6. The molecule has 0 aromatic heterocycles. The van der Waals surface area contributed by atoms with E-state index >= 15 is 0 Å². The minimum atomic E-state index is -1.03. The molecule has 2 aliphatic rings. The lowest BCUT2D eigenvalue weighted by molar-refractivity contribution is 0.0224. The van der Waals surface area contributed by atoms with Crippen molar-refractivity contribution in [1.29, 1.82) is 0 Å². The van der Waals surface area contributed by atoms with Crippen LogP contribution in [0.5, 0.6) is 11.5 Å². The zero-order valence-electron chi connectivity index (χ0n) is 17.8. The van der Waals surface area contributed by atoms with Crippen molar-refractivity contribution in [3.63, 3.8) is 0 Å². The van der Waals surface area contributed by atoms with Crippen LogP contribution in [0.25, 0.3) is 0 Å². The maximum absolute atomic E-state index is 12.9. The van der Waals surface area contributed by atoms with E-state index in [1.807, 2.05) is 81.6 Å². The third kappa shape index (κ3) is 2.38. The maximum Gasteiger partial charge on any atom is 0.340 e. The summed E-state index contributed by atoms with van der Waals surface area (Å²) in [5.41, 5.74) is 5.29. The zero-order chi connectivity index (χ0) is 21.2. The molecule has 0 N–H and O–H groups in total. The summed E-state index contributed by atoms with van der Waals surface area (Å²) < 4.78 is 12.6. The molecule has 30 heavy (non-hydrogen) atoms. The molecule has 0 saturated heterocycles. The number of aryl methyl sites for hydroxylation is 1. The number of nitrogens with zero attached hydrogens (tertiary/aromatic N) is 2. The highest BCUT2D eigenvalue weighted by Crippen LogP contribution is 2.57. The lowest BCUT2D eigenvalue weighted by atomic mass is 9.77. The van der Waals surface area contributed by atoms with Gasteiger partial charge in [0.25, 0.3) is 0 Å². The topological polar surface area (TPSA) is 42.0 Å². The summed E-state index contributed by atoms with van der Waals surface area (Å²) in [6.45, 7) is 2.06. The molecule has 0 saturated carbocycles. The van der Waals surface area contributed by atoms with E-state index in [0.717, 1.165) is 33.6 Å². The fourth-order valence-corrected chi connectivity index (χ4v) is 4.56. The Morgan fingerprint density at radius 3 is 2.27 bits per heavy atom. The number of rotatable bonds is 2. The monoisotopic (exact) mass is 400 g/mol. The number of hydrogen-bond donors (Lipinski definition) is 0. The molecule has 3 aromatic carbocycles. The van der Waals surface area contributed by atoms with Gasteiger partial charge in [0, 0.05) is 62.3 Å². The van der Waals surface area contributed by atoms with Crippen LogP contribution in [0.15, 0.2) is 54.6 Å². The standard InChI is InChI=1S/C25H24N2O3/c1-15-12-22-20(14-21(15)27(4)5)25(18-9-7-6-8-17(18)24(28)30-25)19-11-10-16(26(2)3)13-23(19)29-22/h6-14H,1-5H3. The van der Waals surface area contributed by atoms with E-state index in [9.17, 15) is 4.79 Å². The molecule has 0 radical (unpaired) electrons. The van der Waals surface area contributed by atoms with Crippen molar-refractivity contribution in [1.82, 2.24) is 0 Å². The highest BCUT2D eigenvalue weighted by atomic mass is 16.6. The van der Waals surface area contributed by atoms with Crippen LogP contribution in [-0.2, 0) is 10.3 Å². The van der Waals surface area contributed by atoms with Gasteiger partial charge in [-0.05, 0) is 42.8 Å². The Morgan fingerprint density at radius 1 is 0.800 bits per heavy atom. The lowest BCUT2D eigenvalue weighted by Crippen LogP contribution is -2.33. The smallest absolute Gasteiger partial charge is 0.340 e. The van der Waals surface area contributed by atoms with Crippen LogP contribution in [0.3, 0.4) is 0 Å². The van der Waals surface area contributed by atoms with Crippen molar-refractivity contribution in [3.05, 3.63) is 82.4 Å². The quantitative estimate of drug-likeness (QED) is 0.584. The lowest BCUT2D eigenvalue weighted by Gasteiger charge is -2.38. The molecule has 2 aliphatic heterocycles. The van der Waals surface area contributed by atoms with Gasteiger partial charge < -0.3 is 19.3 Å². The number of carbonyl (C=O) groups excluding carboxylic acids is 1. The van der Waals surface area contributed by atoms with Gasteiger partial charge in [0.2, 0.25) is 0 Å². The SMILES string of the molecule is Cc1cc2c(cc1N(C)C)C1(OC(=O)c3ccccc31)c1ccc(N(C)C)cc1O2. The minimum absolute atomic E-state index is 0.312. The molecule has 0 amide bonds. The summed E-state index contributed by atoms with van der Waals surface area (Å²) >= 11 is 0. The number of hydrogen-bond acceptors (Lipinski definition) is 5. The number of fused-ring (bicyclic) bond motifs is 6. The normalized spacial score (nSPS) is 18.2. The van der Waals surface area contributed by atoms with Crippen LogP contribution in [0.2, 0.25) is 0 Å². The number of ether oxygens (including phenoxy) is 2. The number of esters is 1. The predicted octanol–water partition coefficient (Wildman–Crippen LogP) is 4.70. The van der Waals surface area contributed by atoms with Gasteiger partial charge in [-0.3, -0.25) is 0 Å². The van der Waals surface area contributed by atoms with Crippen LogP contribution in [0.4, 0.5) is 11.4 Å². The van der Waals surface area contributed by atoms with E-state index < -0.39 is 5.60 Å². The van der Waals surface area contributed by atoms with Gasteiger partial charge in [0.15, 0.2) is 5.60 Å². The van der Waals surface area contributed by atoms with E-state index in [1.165, 1.54) is 0 Å². The molecule has 1 atom stereocenters. The Morgan fingerprint density at radius 2 is 1.53 bits per heavy atom. The van der Waals surface area contributed by atoms with Gasteiger partial charge in [-0.1, -0.05) is 18.2 Å². The fourth-order valence-electron chi connectivity index (χ4n) is 4.56. The summed E-state index contributed by atoms with van der Waals surface area (Å²) in [5.74, 6) is 1.11. The Labute approximate surface area is 176 Å². The van der Waals surface area contributed by atoms with Crippen LogP contribution in [-0.4, -0.2) is 34.2 Å². The van der Waals surface area contributed by atoms with Crippen molar-refractivity contribution in [3.8, 4) is 11.5 Å². The molecule has 0 aliphatic carbocycles. The predicted molar refractivity (Wildman–Crippen MR) is 118 cm³/mol. The number of benzene rings is 3. The molecular formula is C25H24N2O3. The summed E-state index contributed by atoms with van der Waals surface area (Å²) in [6.07, 6.45) is 0. The summed E-state index contributed by atoms with van der Waals surface area (Å²) in [5, 5.41) is 0. The second-order valence-corrected chi connectivity index (χ2v) is 8.32. The number of carbonyl (C=O) groups is 1. The fraction of sp³-hybridized carbons (Fsp3) is 0.240. The molecular weight excluding hydrogens is 376 g/mol. The van der Waals surface area contributed by atoms with Crippen molar-refractivity contribution in [2.24, 2.45) is 0 Å². The molecule has 0 bridgehead atoms. The van der Waals surface area contributed by atoms with Gasteiger partial charge >= 0.3 is 5.97 Å². The molecule has 3 aromatic rings. The van der Waals surface area contributed by atoms with Crippen LogP contribution >= 0.6 is 0 Å². The van der Waals surface area contributed by atoms with E-state index in [-0.39, 0.29) is 5.97 Å². The van der Waals surface area contributed by atoms with Crippen molar-refractivity contribution in [2.45, 2.75) is 12.5 Å². The second-order valence-electron chi connectivity index (χ2n) is 8.32. The Hall–Kier alpha value is -3.47. The summed E-state index contributed by atoms with van der Waals surface area (Å²) in [6, 6.07) is 17.8. The maximum atomic E-state index is 12.9. The molecule has 5 heteroatoms. The highest BCUT2D eigenvalue weighted by Gasteiger charge is 2.53. The van der Waals surface area contributed by atoms with Crippen LogP contribution < -0.4 is 14.5 Å². The summed E-state index contributed by atoms with van der Waals surface area (Å²) in [4.78, 5) is 17.0. The van der Waals surface area contributed by atoms with Gasteiger partial charge in [-0.2, -0.15) is 0 Å². The first-order chi connectivity index (χ1) is 14.3. The molecule has 5 rings (SSSR count). The van der Waals surface area contributed by atoms with Crippen molar-refractivity contribution < 1.29 is 14.3 Å². The van der Waals surface area contributed by atoms with Gasteiger partial charge in [0.05, 0.1) is 5.56 Å². The molecule has 1 spiro atoms. The summed E-state index contributed by atoms with van der Waals surface area (Å²) in [7, 11) is 8.01. The minimum Gasteiger partial charge on any atom is -0.456 e. The molecule has 0 fully saturated rings. The molecule has 152 valence electrons. The third-order valence-corrected chi connectivity index (χ3v) is 6.01. The number of anilines is 2.